The number of carbonyl (C=O) groups is 2. The van der Waals surface area contributed by atoms with Crippen LogP contribution in [0.15, 0.2) is 36.4 Å². The first-order chi connectivity index (χ1) is 11.4. The quantitative estimate of drug-likeness (QED) is 0.662. The van der Waals surface area contributed by atoms with Gasteiger partial charge >= 0.3 is 11.8 Å². The van der Waals surface area contributed by atoms with Gasteiger partial charge in [-0.05, 0) is 35.4 Å². The van der Waals surface area contributed by atoms with Crippen LogP contribution in [-0.4, -0.2) is 11.8 Å². The first-order valence-corrected chi connectivity index (χ1v) is 6.80. The van der Waals surface area contributed by atoms with Crippen molar-refractivity contribution >= 4 is 11.8 Å². The number of halogens is 4. The SMILES string of the molecule is O=C(NCc1ccc(F)c(F)c1)C(=O)NCc1ccc(F)c(F)c1. The van der Waals surface area contributed by atoms with Gasteiger partial charge in [-0.15, -0.1) is 0 Å². The molecule has 0 saturated heterocycles. The molecule has 0 bridgehead atoms. The topological polar surface area (TPSA) is 58.2 Å². The monoisotopic (exact) mass is 340 g/mol. The van der Waals surface area contributed by atoms with Gasteiger partial charge in [-0.25, -0.2) is 17.6 Å². The lowest BCUT2D eigenvalue weighted by Gasteiger charge is -2.07. The van der Waals surface area contributed by atoms with E-state index in [1.165, 1.54) is 12.1 Å². The molecule has 8 heteroatoms. The zero-order valence-corrected chi connectivity index (χ0v) is 12.2. The highest BCUT2D eigenvalue weighted by atomic mass is 19.2. The minimum atomic E-state index is -1.07. The Morgan fingerprint density at radius 3 is 1.38 bits per heavy atom. The number of benzene rings is 2. The molecule has 0 unspecified atom stereocenters. The summed E-state index contributed by atoms with van der Waals surface area (Å²) in [6.07, 6.45) is 0. The molecule has 0 spiro atoms. The molecule has 0 aliphatic heterocycles. The predicted molar refractivity (Wildman–Crippen MR) is 76.4 cm³/mol. The van der Waals surface area contributed by atoms with Crippen molar-refractivity contribution in [2.75, 3.05) is 0 Å². The Labute approximate surface area is 134 Å². The summed E-state index contributed by atoms with van der Waals surface area (Å²) in [6.45, 7) is -0.344. The summed E-state index contributed by atoms with van der Waals surface area (Å²) in [7, 11) is 0. The Balaban J connectivity index is 1.84. The summed E-state index contributed by atoms with van der Waals surface area (Å²) in [6, 6.07) is 6.12. The zero-order chi connectivity index (χ0) is 17.7. The molecule has 0 saturated carbocycles. The van der Waals surface area contributed by atoms with Crippen LogP contribution in [0.1, 0.15) is 11.1 Å². The molecule has 24 heavy (non-hydrogen) atoms. The molecule has 0 fully saturated rings. The maximum atomic E-state index is 13.0. The van der Waals surface area contributed by atoms with E-state index in [1.807, 2.05) is 0 Å². The molecule has 0 radical (unpaired) electrons. The van der Waals surface area contributed by atoms with Gasteiger partial charge in [-0.3, -0.25) is 9.59 Å². The van der Waals surface area contributed by atoms with Gasteiger partial charge in [0.2, 0.25) is 0 Å². The van der Waals surface area contributed by atoms with Crippen LogP contribution in [0.4, 0.5) is 17.6 Å². The van der Waals surface area contributed by atoms with Crippen molar-refractivity contribution in [3.8, 4) is 0 Å². The van der Waals surface area contributed by atoms with Crippen LogP contribution in [0.2, 0.25) is 0 Å². The molecular weight excluding hydrogens is 328 g/mol. The highest BCUT2D eigenvalue weighted by Gasteiger charge is 2.13. The van der Waals surface area contributed by atoms with Crippen molar-refractivity contribution in [2.45, 2.75) is 13.1 Å². The van der Waals surface area contributed by atoms with Gasteiger partial charge in [0.25, 0.3) is 0 Å². The Morgan fingerprint density at radius 2 is 1.04 bits per heavy atom. The lowest BCUT2D eigenvalue weighted by atomic mass is 10.2. The van der Waals surface area contributed by atoms with Crippen molar-refractivity contribution in [3.05, 3.63) is 70.8 Å². The van der Waals surface area contributed by atoms with Crippen LogP contribution in [-0.2, 0) is 22.7 Å². The lowest BCUT2D eigenvalue weighted by Crippen LogP contribution is -2.39. The zero-order valence-electron chi connectivity index (χ0n) is 12.2. The van der Waals surface area contributed by atoms with E-state index in [4.69, 9.17) is 0 Å². The molecule has 2 aromatic rings. The fourth-order valence-corrected chi connectivity index (χ4v) is 1.82. The van der Waals surface area contributed by atoms with Gasteiger partial charge in [-0.1, -0.05) is 12.1 Å². The third kappa shape index (κ3) is 4.55. The van der Waals surface area contributed by atoms with Crippen LogP contribution < -0.4 is 10.6 Å². The predicted octanol–water partition coefficient (Wildman–Crippen LogP) is 2.18. The van der Waals surface area contributed by atoms with Gasteiger partial charge in [0.15, 0.2) is 23.3 Å². The molecule has 0 aromatic heterocycles. The smallest absolute Gasteiger partial charge is 0.309 e. The fraction of sp³-hybridized carbons (Fsp3) is 0.125. The Hall–Kier alpha value is -2.90. The second-order valence-electron chi connectivity index (χ2n) is 4.86. The van der Waals surface area contributed by atoms with E-state index >= 15 is 0 Å². The van der Waals surface area contributed by atoms with Gasteiger partial charge < -0.3 is 10.6 Å². The molecular formula is C16H12F4N2O2. The summed E-state index contributed by atoms with van der Waals surface area (Å²) in [5.74, 6) is -6.16. The van der Waals surface area contributed by atoms with Gasteiger partial charge in [0.05, 0.1) is 0 Å². The van der Waals surface area contributed by atoms with E-state index in [0.717, 1.165) is 24.3 Å². The maximum Gasteiger partial charge on any atom is 0.309 e. The molecule has 126 valence electrons. The van der Waals surface area contributed by atoms with Crippen molar-refractivity contribution in [1.82, 2.24) is 10.6 Å². The number of nitrogens with one attached hydrogen (secondary N) is 2. The number of amides is 2. The molecule has 0 atom stereocenters. The molecule has 2 aromatic carbocycles. The minimum absolute atomic E-state index is 0.172. The summed E-state index contributed by atoms with van der Waals surface area (Å²) in [5.41, 5.74) is 0.548. The van der Waals surface area contributed by atoms with Crippen molar-refractivity contribution in [1.29, 1.82) is 0 Å². The van der Waals surface area contributed by atoms with E-state index in [2.05, 4.69) is 10.6 Å². The van der Waals surface area contributed by atoms with Crippen LogP contribution in [0.3, 0.4) is 0 Å². The Morgan fingerprint density at radius 1 is 0.667 bits per heavy atom. The van der Waals surface area contributed by atoms with Crippen molar-refractivity contribution in [3.63, 3.8) is 0 Å². The first kappa shape index (κ1) is 17.5. The third-order valence-electron chi connectivity index (χ3n) is 3.08. The van der Waals surface area contributed by atoms with Crippen LogP contribution >= 0.6 is 0 Å². The second-order valence-corrected chi connectivity index (χ2v) is 4.86. The largest absolute Gasteiger partial charge is 0.344 e. The number of rotatable bonds is 4. The molecule has 2 rings (SSSR count). The fourth-order valence-electron chi connectivity index (χ4n) is 1.82. The lowest BCUT2D eigenvalue weighted by molar-refractivity contribution is -0.139. The minimum Gasteiger partial charge on any atom is -0.344 e. The molecule has 4 nitrogen and oxygen atoms in total. The average molecular weight is 340 g/mol. The maximum absolute atomic E-state index is 13.0. The summed E-state index contributed by atoms with van der Waals surface area (Å²) < 4.78 is 51.5. The number of hydrogen-bond donors (Lipinski definition) is 2. The van der Waals surface area contributed by atoms with E-state index < -0.39 is 35.1 Å². The highest BCUT2D eigenvalue weighted by molar-refractivity contribution is 6.35. The Kier molecular flexibility index (Phi) is 5.51. The normalized spacial score (nSPS) is 10.3. The first-order valence-electron chi connectivity index (χ1n) is 6.80. The second kappa shape index (κ2) is 7.58. The van der Waals surface area contributed by atoms with E-state index in [-0.39, 0.29) is 24.2 Å². The number of carbonyl (C=O) groups excluding carboxylic acids is 2. The van der Waals surface area contributed by atoms with Gasteiger partial charge in [0, 0.05) is 13.1 Å². The van der Waals surface area contributed by atoms with Crippen LogP contribution in [0.25, 0.3) is 0 Å². The Bertz CT molecular complexity index is 715. The summed E-state index contributed by atoms with van der Waals surface area (Å²) in [4.78, 5) is 23.2. The number of hydrogen-bond acceptors (Lipinski definition) is 2. The van der Waals surface area contributed by atoms with Crippen LogP contribution in [0.5, 0.6) is 0 Å². The molecule has 0 heterocycles. The van der Waals surface area contributed by atoms with Crippen molar-refractivity contribution < 1.29 is 27.2 Å². The van der Waals surface area contributed by atoms with Gasteiger partial charge in [-0.2, -0.15) is 0 Å². The summed E-state index contributed by atoms with van der Waals surface area (Å²) in [5, 5.41) is 4.46. The third-order valence-corrected chi connectivity index (χ3v) is 3.08. The van der Waals surface area contributed by atoms with Gasteiger partial charge in [0.1, 0.15) is 0 Å². The van der Waals surface area contributed by atoms with Crippen LogP contribution in [0, 0.1) is 23.3 Å². The van der Waals surface area contributed by atoms with E-state index in [0.29, 0.717) is 0 Å². The molecule has 0 aliphatic carbocycles. The molecule has 2 amide bonds. The average Bonchev–Trinajstić information content (AvgIpc) is 2.56. The van der Waals surface area contributed by atoms with Crippen molar-refractivity contribution in [2.24, 2.45) is 0 Å². The summed E-state index contributed by atoms with van der Waals surface area (Å²) >= 11 is 0. The molecule has 0 aliphatic rings. The highest BCUT2D eigenvalue weighted by Crippen LogP contribution is 2.09. The molecule has 2 N–H and O–H groups in total. The standard InChI is InChI=1S/C16H12F4N2O2/c17-11-3-1-9(5-13(11)19)7-21-15(23)16(24)22-8-10-2-4-12(18)14(20)6-10/h1-6H,7-8H2,(H,21,23)(H,22,24). The van der Waals surface area contributed by atoms with E-state index in [1.54, 1.807) is 0 Å². The van der Waals surface area contributed by atoms with E-state index in [9.17, 15) is 27.2 Å².